The van der Waals surface area contributed by atoms with Crippen LogP contribution in [-0.4, -0.2) is 22.5 Å². The van der Waals surface area contributed by atoms with E-state index in [2.05, 4.69) is 16.5 Å². The van der Waals surface area contributed by atoms with E-state index in [1.165, 1.54) is 6.33 Å². The SMILES string of the molecule is C=CC(=O)OCCc1cncnc1. The predicted octanol–water partition coefficient (Wildman–Crippen LogP) is 0.748. The maximum atomic E-state index is 10.6. The lowest BCUT2D eigenvalue weighted by atomic mass is 10.3. The molecule has 0 fully saturated rings. The van der Waals surface area contributed by atoms with Gasteiger partial charge in [0.25, 0.3) is 0 Å². The van der Waals surface area contributed by atoms with Gasteiger partial charge in [0.2, 0.25) is 0 Å². The fourth-order valence-electron chi connectivity index (χ4n) is 0.787. The van der Waals surface area contributed by atoms with Crippen LogP contribution in [0.2, 0.25) is 0 Å². The van der Waals surface area contributed by atoms with Crippen LogP contribution in [-0.2, 0) is 16.0 Å². The number of hydrogen-bond donors (Lipinski definition) is 0. The largest absolute Gasteiger partial charge is 0.462 e. The van der Waals surface area contributed by atoms with Crippen LogP contribution in [0.1, 0.15) is 5.56 Å². The summed E-state index contributed by atoms with van der Waals surface area (Å²) in [7, 11) is 0. The van der Waals surface area contributed by atoms with E-state index >= 15 is 0 Å². The molecule has 0 amide bonds. The van der Waals surface area contributed by atoms with E-state index in [1.807, 2.05) is 0 Å². The summed E-state index contributed by atoms with van der Waals surface area (Å²) in [4.78, 5) is 18.3. The molecule has 1 heterocycles. The van der Waals surface area contributed by atoms with Crippen molar-refractivity contribution in [3.05, 3.63) is 36.9 Å². The van der Waals surface area contributed by atoms with Crippen molar-refractivity contribution in [2.45, 2.75) is 6.42 Å². The Morgan fingerprint density at radius 3 is 2.85 bits per heavy atom. The molecule has 0 radical (unpaired) electrons. The average molecular weight is 178 g/mol. The van der Waals surface area contributed by atoms with Crippen molar-refractivity contribution in [2.24, 2.45) is 0 Å². The van der Waals surface area contributed by atoms with Crippen molar-refractivity contribution in [1.29, 1.82) is 0 Å². The van der Waals surface area contributed by atoms with E-state index in [0.29, 0.717) is 13.0 Å². The molecule has 0 saturated carbocycles. The van der Waals surface area contributed by atoms with Crippen LogP contribution in [0.25, 0.3) is 0 Å². The van der Waals surface area contributed by atoms with Gasteiger partial charge in [-0.05, 0) is 5.56 Å². The number of carbonyl (C=O) groups is 1. The second-order valence-electron chi connectivity index (χ2n) is 2.37. The van der Waals surface area contributed by atoms with Gasteiger partial charge in [0, 0.05) is 24.9 Å². The van der Waals surface area contributed by atoms with E-state index in [0.717, 1.165) is 11.6 Å². The molecule has 4 heteroatoms. The van der Waals surface area contributed by atoms with Crippen molar-refractivity contribution in [2.75, 3.05) is 6.61 Å². The Kier molecular flexibility index (Phi) is 3.63. The lowest BCUT2D eigenvalue weighted by Crippen LogP contribution is -2.04. The van der Waals surface area contributed by atoms with Crippen LogP contribution in [0.4, 0.5) is 0 Å². The summed E-state index contributed by atoms with van der Waals surface area (Å²) in [6.07, 6.45) is 6.60. The Bertz CT molecular complexity index is 285. The van der Waals surface area contributed by atoms with Crippen LogP contribution in [0.15, 0.2) is 31.4 Å². The number of nitrogens with zero attached hydrogens (tertiary/aromatic N) is 2. The van der Waals surface area contributed by atoms with Crippen LogP contribution in [0.5, 0.6) is 0 Å². The van der Waals surface area contributed by atoms with Crippen LogP contribution in [0, 0.1) is 0 Å². The molecule has 0 aliphatic carbocycles. The Labute approximate surface area is 76.3 Å². The maximum Gasteiger partial charge on any atom is 0.330 e. The summed E-state index contributed by atoms with van der Waals surface area (Å²) in [5, 5.41) is 0. The molecule has 0 unspecified atom stereocenters. The van der Waals surface area contributed by atoms with Gasteiger partial charge in [0.15, 0.2) is 0 Å². The van der Waals surface area contributed by atoms with Crippen molar-refractivity contribution in [3.8, 4) is 0 Å². The Morgan fingerprint density at radius 1 is 1.54 bits per heavy atom. The van der Waals surface area contributed by atoms with E-state index in [4.69, 9.17) is 4.74 Å². The summed E-state index contributed by atoms with van der Waals surface area (Å²) in [6, 6.07) is 0. The second kappa shape index (κ2) is 5.03. The third-order valence-corrected chi connectivity index (χ3v) is 1.42. The zero-order valence-corrected chi connectivity index (χ0v) is 7.14. The third kappa shape index (κ3) is 3.46. The van der Waals surface area contributed by atoms with Gasteiger partial charge in [-0.25, -0.2) is 14.8 Å². The second-order valence-corrected chi connectivity index (χ2v) is 2.37. The van der Waals surface area contributed by atoms with Crippen molar-refractivity contribution < 1.29 is 9.53 Å². The molecule has 0 aromatic carbocycles. The fourth-order valence-corrected chi connectivity index (χ4v) is 0.787. The van der Waals surface area contributed by atoms with Gasteiger partial charge in [0.05, 0.1) is 6.61 Å². The summed E-state index contributed by atoms with van der Waals surface area (Å²) < 4.78 is 4.78. The van der Waals surface area contributed by atoms with Crippen LogP contribution < -0.4 is 0 Å². The molecule has 68 valence electrons. The Morgan fingerprint density at radius 2 is 2.23 bits per heavy atom. The minimum Gasteiger partial charge on any atom is -0.462 e. The Hall–Kier alpha value is -1.71. The third-order valence-electron chi connectivity index (χ3n) is 1.42. The number of rotatable bonds is 4. The van der Waals surface area contributed by atoms with Gasteiger partial charge in [-0.2, -0.15) is 0 Å². The van der Waals surface area contributed by atoms with Crippen LogP contribution >= 0.6 is 0 Å². The number of ether oxygens (including phenoxy) is 1. The normalized spacial score (nSPS) is 9.23. The van der Waals surface area contributed by atoms with E-state index in [9.17, 15) is 4.79 Å². The average Bonchev–Trinajstić information content (AvgIpc) is 2.19. The molecule has 0 N–H and O–H groups in total. The van der Waals surface area contributed by atoms with E-state index < -0.39 is 5.97 Å². The minimum absolute atomic E-state index is 0.332. The number of aromatic nitrogens is 2. The zero-order valence-electron chi connectivity index (χ0n) is 7.14. The van der Waals surface area contributed by atoms with Crippen molar-refractivity contribution in [1.82, 2.24) is 9.97 Å². The lowest BCUT2D eigenvalue weighted by Gasteiger charge is -2.00. The molecule has 13 heavy (non-hydrogen) atoms. The number of carbonyl (C=O) groups excluding carboxylic acids is 1. The first-order chi connectivity index (χ1) is 6.33. The smallest absolute Gasteiger partial charge is 0.330 e. The quantitative estimate of drug-likeness (QED) is 0.504. The molecule has 1 aromatic heterocycles. The molecule has 1 rings (SSSR count). The van der Waals surface area contributed by atoms with Gasteiger partial charge < -0.3 is 4.74 Å². The van der Waals surface area contributed by atoms with Gasteiger partial charge in [-0.15, -0.1) is 0 Å². The van der Waals surface area contributed by atoms with Crippen molar-refractivity contribution >= 4 is 5.97 Å². The van der Waals surface area contributed by atoms with Gasteiger partial charge in [0.1, 0.15) is 6.33 Å². The molecule has 1 aromatic rings. The highest BCUT2D eigenvalue weighted by Crippen LogP contribution is 1.94. The van der Waals surface area contributed by atoms with Gasteiger partial charge in [-0.3, -0.25) is 0 Å². The number of hydrogen-bond acceptors (Lipinski definition) is 4. The van der Waals surface area contributed by atoms with Gasteiger partial charge in [-0.1, -0.05) is 6.58 Å². The first-order valence-corrected chi connectivity index (χ1v) is 3.86. The van der Waals surface area contributed by atoms with Crippen LogP contribution in [0.3, 0.4) is 0 Å². The lowest BCUT2D eigenvalue weighted by molar-refractivity contribution is -0.137. The highest BCUT2D eigenvalue weighted by molar-refractivity contribution is 5.81. The predicted molar refractivity (Wildman–Crippen MR) is 46.9 cm³/mol. The van der Waals surface area contributed by atoms with Gasteiger partial charge >= 0.3 is 5.97 Å². The first-order valence-electron chi connectivity index (χ1n) is 3.86. The molecule has 0 aliphatic heterocycles. The highest BCUT2D eigenvalue weighted by atomic mass is 16.5. The minimum atomic E-state index is -0.406. The maximum absolute atomic E-state index is 10.6. The molecule has 0 spiro atoms. The Balaban J connectivity index is 2.28. The molecular weight excluding hydrogens is 168 g/mol. The first kappa shape index (κ1) is 9.38. The summed E-state index contributed by atoms with van der Waals surface area (Å²) in [5.74, 6) is -0.406. The van der Waals surface area contributed by atoms with E-state index in [-0.39, 0.29) is 0 Å². The molecule has 4 nitrogen and oxygen atoms in total. The standard InChI is InChI=1S/C9H10N2O2/c1-2-9(12)13-4-3-8-5-10-7-11-6-8/h2,5-7H,1,3-4H2. The topological polar surface area (TPSA) is 52.1 Å². The zero-order chi connectivity index (χ0) is 9.52. The number of esters is 1. The molecular formula is C9H10N2O2. The molecule has 0 bridgehead atoms. The summed E-state index contributed by atoms with van der Waals surface area (Å²) >= 11 is 0. The molecule has 0 saturated heterocycles. The summed E-state index contributed by atoms with van der Waals surface area (Å²) in [5.41, 5.74) is 0.944. The molecule has 0 aliphatic rings. The van der Waals surface area contributed by atoms with E-state index in [1.54, 1.807) is 12.4 Å². The monoisotopic (exact) mass is 178 g/mol. The summed E-state index contributed by atoms with van der Waals surface area (Å²) in [6.45, 7) is 3.62. The molecule has 0 atom stereocenters. The highest BCUT2D eigenvalue weighted by Gasteiger charge is 1.96. The van der Waals surface area contributed by atoms with Crippen molar-refractivity contribution in [3.63, 3.8) is 0 Å². The fraction of sp³-hybridized carbons (Fsp3) is 0.222.